The fourth-order valence-corrected chi connectivity index (χ4v) is 3.71. The van der Waals surface area contributed by atoms with Crippen LogP contribution in [0.15, 0.2) is 46.9 Å². The SMILES string of the molecule is CCOC(=O)[C@H](c1ccc(OC)c(OC)c1)[C@H]1C=C[C@@H](NC(=O)c2ccc([N+](=O)[O-])o2)C1. The normalized spacial score (nSPS) is 18.1. The number of methoxy groups -OCH3 is 2. The zero-order valence-corrected chi connectivity index (χ0v) is 17.9. The van der Waals surface area contributed by atoms with Gasteiger partial charge in [-0.2, -0.15) is 0 Å². The molecule has 10 heteroatoms. The van der Waals surface area contributed by atoms with Crippen molar-refractivity contribution in [2.45, 2.75) is 25.3 Å². The first-order valence-corrected chi connectivity index (χ1v) is 9.99. The van der Waals surface area contributed by atoms with Gasteiger partial charge in [0.2, 0.25) is 0 Å². The van der Waals surface area contributed by atoms with Crippen LogP contribution >= 0.6 is 0 Å². The molecule has 3 rings (SSSR count). The summed E-state index contributed by atoms with van der Waals surface area (Å²) in [6.07, 6.45) is 4.08. The molecule has 3 atom stereocenters. The number of carbonyl (C=O) groups excluding carboxylic acids is 2. The van der Waals surface area contributed by atoms with Crippen molar-refractivity contribution in [3.8, 4) is 11.5 Å². The maximum Gasteiger partial charge on any atom is 0.433 e. The molecule has 0 fully saturated rings. The molecule has 0 bridgehead atoms. The average Bonchev–Trinajstić information content (AvgIpc) is 3.44. The number of ether oxygens (including phenoxy) is 3. The number of nitrogens with zero attached hydrogens (tertiary/aromatic N) is 1. The Hall–Kier alpha value is -3.82. The highest BCUT2D eigenvalue weighted by molar-refractivity contribution is 5.92. The van der Waals surface area contributed by atoms with E-state index in [4.69, 9.17) is 18.6 Å². The third-order valence-electron chi connectivity index (χ3n) is 5.16. The van der Waals surface area contributed by atoms with Crippen molar-refractivity contribution < 1.29 is 33.1 Å². The van der Waals surface area contributed by atoms with Gasteiger partial charge in [-0.15, -0.1) is 0 Å². The van der Waals surface area contributed by atoms with Crippen LogP contribution in [0.3, 0.4) is 0 Å². The molecule has 1 N–H and O–H groups in total. The zero-order valence-electron chi connectivity index (χ0n) is 17.9. The minimum absolute atomic E-state index is 0.157. The second kappa shape index (κ2) is 9.99. The minimum Gasteiger partial charge on any atom is -0.493 e. The summed E-state index contributed by atoms with van der Waals surface area (Å²) >= 11 is 0. The fraction of sp³-hybridized carbons (Fsp3) is 0.364. The molecular weight excluding hydrogens is 420 g/mol. The van der Waals surface area contributed by atoms with Crippen molar-refractivity contribution in [3.63, 3.8) is 0 Å². The van der Waals surface area contributed by atoms with E-state index in [-0.39, 0.29) is 30.3 Å². The highest BCUT2D eigenvalue weighted by Gasteiger charge is 2.35. The van der Waals surface area contributed by atoms with Crippen LogP contribution in [-0.4, -0.2) is 43.7 Å². The second-order valence-corrected chi connectivity index (χ2v) is 7.10. The lowest BCUT2D eigenvalue weighted by Gasteiger charge is -2.23. The van der Waals surface area contributed by atoms with Gasteiger partial charge in [0.25, 0.3) is 5.91 Å². The molecule has 0 spiro atoms. The number of amides is 1. The van der Waals surface area contributed by atoms with E-state index in [0.29, 0.717) is 23.5 Å². The lowest BCUT2D eigenvalue weighted by molar-refractivity contribution is -0.402. The summed E-state index contributed by atoms with van der Waals surface area (Å²) in [5, 5.41) is 13.5. The van der Waals surface area contributed by atoms with Gasteiger partial charge in [0.1, 0.15) is 4.92 Å². The van der Waals surface area contributed by atoms with Crippen molar-refractivity contribution in [1.82, 2.24) is 5.32 Å². The van der Waals surface area contributed by atoms with E-state index >= 15 is 0 Å². The molecule has 10 nitrogen and oxygen atoms in total. The number of nitrogens with one attached hydrogen (secondary N) is 1. The Balaban J connectivity index is 1.76. The number of benzene rings is 1. The van der Waals surface area contributed by atoms with Crippen molar-refractivity contribution >= 4 is 17.8 Å². The molecule has 1 aromatic carbocycles. The van der Waals surface area contributed by atoms with Gasteiger partial charge in [0.15, 0.2) is 17.3 Å². The van der Waals surface area contributed by atoms with Gasteiger partial charge in [-0.1, -0.05) is 18.2 Å². The minimum atomic E-state index is -0.713. The molecule has 2 aromatic rings. The number of carbonyl (C=O) groups is 2. The zero-order chi connectivity index (χ0) is 23.3. The van der Waals surface area contributed by atoms with Crippen molar-refractivity contribution in [2.75, 3.05) is 20.8 Å². The quantitative estimate of drug-likeness (QED) is 0.270. The third-order valence-corrected chi connectivity index (χ3v) is 5.16. The van der Waals surface area contributed by atoms with E-state index in [1.807, 2.05) is 6.08 Å². The molecule has 0 aliphatic heterocycles. The standard InChI is InChI=1S/C22H24N2O8/c1-4-31-22(26)20(14-6-8-16(29-2)18(12-14)30-3)13-5-7-15(11-13)23-21(25)17-9-10-19(32-17)24(27)28/h5-10,12-13,15,20H,4,11H2,1-3H3,(H,23,25)/t13-,15+,20-/m0/s1. The number of hydrogen-bond donors (Lipinski definition) is 1. The molecule has 0 saturated heterocycles. The Bertz CT molecular complexity index is 1030. The number of rotatable bonds is 9. The Morgan fingerprint density at radius 3 is 2.56 bits per heavy atom. The molecule has 0 unspecified atom stereocenters. The summed E-state index contributed by atoms with van der Waals surface area (Å²) in [6, 6.07) is 7.23. The first kappa shape index (κ1) is 22.9. The largest absolute Gasteiger partial charge is 0.493 e. The van der Waals surface area contributed by atoms with Crippen LogP contribution in [0.1, 0.15) is 35.4 Å². The van der Waals surface area contributed by atoms with Crippen molar-refractivity contribution in [2.24, 2.45) is 5.92 Å². The number of furan rings is 1. The smallest absolute Gasteiger partial charge is 0.433 e. The van der Waals surface area contributed by atoms with Crippen molar-refractivity contribution in [3.05, 3.63) is 63.9 Å². The summed E-state index contributed by atoms with van der Waals surface area (Å²) in [4.78, 5) is 35.2. The van der Waals surface area contributed by atoms with E-state index in [2.05, 4.69) is 5.32 Å². The summed E-state index contributed by atoms with van der Waals surface area (Å²) in [7, 11) is 3.04. The summed E-state index contributed by atoms with van der Waals surface area (Å²) in [6.45, 7) is 1.97. The van der Waals surface area contributed by atoms with Crippen LogP contribution in [0.5, 0.6) is 11.5 Å². The summed E-state index contributed by atoms with van der Waals surface area (Å²) in [5.74, 6) is -1.46. The Kier molecular flexibility index (Phi) is 7.14. The van der Waals surface area contributed by atoms with Gasteiger partial charge >= 0.3 is 11.9 Å². The van der Waals surface area contributed by atoms with E-state index in [9.17, 15) is 19.7 Å². The predicted octanol–water partition coefficient (Wildman–Crippen LogP) is 3.23. The molecule has 0 saturated carbocycles. The Morgan fingerprint density at radius 2 is 1.94 bits per heavy atom. The maximum atomic E-state index is 12.8. The molecule has 1 amide bonds. The maximum absolute atomic E-state index is 12.8. The lowest BCUT2D eigenvalue weighted by Crippen LogP contribution is -2.33. The summed E-state index contributed by atoms with van der Waals surface area (Å²) < 4.78 is 20.9. The van der Waals surface area contributed by atoms with Crippen LogP contribution in [0.4, 0.5) is 5.88 Å². The van der Waals surface area contributed by atoms with Crippen LogP contribution in [0.2, 0.25) is 0 Å². The van der Waals surface area contributed by atoms with Gasteiger partial charge in [0.05, 0.1) is 32.8 Å². The van der Waals surface area contributed by atoms with Crippen molar-refractivity contribution in [1.29, 1.82) is 0 Å². The molecule has 0 radical (unpaired) electrons. The van der Waals surface area contributed by atoms with Gasteiger partial charge in [-0.3, -0.25) is 19.7 Å². The molecule has 32 heavy (non-hydrogen) atoms. The van der Waals surface area contributed by atoms with Crippen LogP contribution in [0, 0.1) is 16.0 Å². The highest BCUT2D eigenvalue weighted by Crippen LogP contribution is 2.38. The van der Waals surface area contributed by atoms with Crippen LogP contribution in [0.25, 0.3) is 0 Å². The Morgan fingerprint density at radius 1 is 1.19 bits per heavy atom. The Labute approximate surface area is 184 Å². The van der Waals surface area contributed by atoms with Crippen LogP contribution < -0.4 is 14.8 Å². The number of hydrogen-bond acceptors (Lipinski definition) is 8. The molecule has 170 valence electrons. The molecule has 1 aliphatic rings. The van der Waals surface area contributed by atoms with E-state index in [1.54, 1.807) is 31.2 Å². The number of esters is 1. The van der Waals surface area contributed by atoms with Gasteiger partial charge in [-0.05, 0) is 43.0 Å². The predicted molar refractivity (Wildman–Crippen MR) is 113 cm³/mol. The molecular formula is C22H24N2O8. The average molecular weight is 444 g/mol. The van der Waals surface area contributed by atoms with E-state index < -0.39 is 22.6 Å². The first-order chi connectivity index (χ1) is 15.4. The molecule has 1 aliphatic carbocycles. The van der Waals surface area contributed by atoms with E-state index in [1.165, 1.54) is 20.3 Å². The van der Waals surface area contributed by atoms with Gasteiger partial charge in [-0.25, -0.2) is 0 Å². The number of nitro groups is 1. The highest BCUT2D eigenvalue weighted by atomic mass is 16.6. The fourth-order valence-electron chi connectivity index (χ4n) is 3.71. The first-order valence-electron chi connectivity index (χ1n) is 9.99. The van der Waals surface area contributed by atoms with Crippen LogP contribution in [-0.2, 0) is 9.53 Å². The molecule has 1 heterocycles. The molecule has 1 aromatic heterocycles. The van der Waals surface area contributed by atoms with E-state index in [0.717, 1.165) is 6.07 Å². The monoisotopic (exact) mass is 444 g/mol. The van der Waals surface area contributed by atoms with Gasteiger partial charge < -0.3 is 23.9 Å². The second-order valence-electron chi connectivity index (χ2n) is 7.10. The number of allylic oxidation sites excluding steroid dienone is 1. The lowest BCUT2D eigenvalue weighted by atomic mass is 9.85. The summed E-state index contributed by atoms with van der Waals surface area (Å²) in [5.41, 5.74) is 0.699. The third kappa shape index (κ3) is 4.90. The van der Waals surface area contributed by atoms with Gasteiger partial charge in [0, 0.05) is 6.04 Å². The topological polar surface area (TPSA) is 130 Å².